The molecule has 0 saturated carbocycles. The van der Waals surface area contributed by atoms with Crippen molar-refractivity contribution in [3.63, 3.8) is 0 Å². The van der Waals surface area contributed by atoms with Crippen LogP contribution >= 0.6 is 0 Å². The topological polar surface area (TPSA) is 73.8 Å². The molecule has 8 nitrogen and oxygen atoms in total. The molecule has 2 aromatic carbocycles. The molecule has 6 rings (SSSR count). The van der Waals surface area contributed by atoms with E-state index in [1.54, 1.807) is 0 Å². The Kier molecular flexibility index (Phi) is 16.4. The lowest BCUT2D eigenvalue weighted by Gasteiger charge is -2.32. The van der Waals surface area contributed by atoms with Crippen LogP contribution in [0.15, 0.2) is 36.4 Å². The highest BCUT2D eigenvalue weighted by Gasteiger charge is 2.29. The van der Waals surface area contributed by atoms with Crippen LogP contribution in [0.4, 0.5) is 17.6 Å². The van der Waals surface area contributed by atoms with Gasteiger partial charge in [-0.2, -0.15) is 0 Å². The summed E-state index contributed by atoms with van der Waals surface area (Å²) in [4.78, 5) is 0. The summed E-state index contributed by atoms with van der Waals surface area (Å²) in [5.41, 5.74) is 0.998. The number of benzene rings is 2. The number of hydrogen-bond donors (Lipinski definition) is 0. The minimum absolute atomic E-state index is 0.142. The van der Waals surface area contributed by atoms with E-state index in [-0.39, 0.29) is 24.4 Å². The second-order valence-corrected chi connectivity index (χ2v) is 14.1. The van der Waals surface area contributed by atoms with Gasteiger partial charge in [0, 0.05) is 34.8 Å². The SMILES string of the molecule is CCCC1COC(CCC2COC(c3ccc(F)c(F)c3)OC2)OC1.CCCCC1COC(CCC2COC(c3ccc(F)c(F)c3)OC2)OC1. The first-order valence-corrected chi connectivity index (χ1v) is 18.6. The molecule has 0 unspecified atom stereocenters. The van der Waals surface area contributed by atoms with E-state index < -0.39 is 35.8 Å². The summed E-state index contributed by atoms with van der Waals surface area (Å²) in [6, 6.07) is 7.40. The van der Waals surface area contributed by atoms with Gasteiger partial charge in [-0.05, 0) is 62.8 Å². The minimum atomic E-state index is -0.889. The van der Waals surface area contributed by atoms with Gasteiger partial charge in [-0.3, -0.25) is 0 Å². The first-order chi connectivity index (χ1) is 24.8. The van der Waals surface area contributed by atoms with E-state index in [0.29, 0.717) is 49.4 Å². The van der Waals surface area contributed by atoms with E-state index in [2.05, 4.69) is 13.8 Å². The van der Waals surface area contributed by atoms with Crippen molar-refractivity contribution < 1.29 is 55.5 Å². The van der Waals surface area contributed by atoms with Gasteiger partial charge in [0.15, 0.2) is 48.4 Å². The van der Waals surface area contributed by atoms with Crippen molar-refractivity contribution in [1.82, 2.24) is 0 Å². The molecule has 0 aromatic heterocycles. The Hall–Kier alpha value is -2.16. The lowest BCUT2D eigenvalue weighted by atomic mass is 10.0. The molecule has 51 heavy (non-hydrogen) atoms. The number of unbranched alkanes of at least 4 members (excludes halogenated alkanes) is 1. The third-order valence-corrected chi connectivity index (χ3v) is 9.72. The Balaban J connectivity index is 0.000000198. The van der Waals surface area contributed by atoms with E-state index in [1.165, 1.54) is 31.4 Å². The fourth-order valence-electron chi connectivity index (χ4n) is 6.60. The summed E-state index contributed by atoms with van der Waals surface area (Å²) in [6.45, 7) is 9.56. The molecule has 4 saturated heterocycles. The third-order valence-electron chi connectivity index (χ3n) is 9.72. The van der Waals surface area contributed by atoms with Gasteiger partial charge in [0.25, 0.3) is 0 Å². The van der Waals surface area contributed by atoms with Crippen molar-refractivity contribution in [3.05, 3.63) is 70.8 Å². The van der Waals surface area contributed by atoms with Crippen molar-refractivity contribution in [3.8, 4) is 0 Å². The summed E-state index contributed by atoms with van der Waals surface area (Å²) in [5.74, 6) is -1.98. The van der Waals surface area contributed by atoms with Gasteiger partial charge < -0.3 is 37.9 Å². The number of hydrogen-bond acceptors (Lipinski definition) is 8. The van der Waals surface area contributed by atoms with Crippen LogP contribution in [-0.4, -0.2) is 65.4 Å². The van der Waals surface area contributed by atoms with E-state index >= 15 is 0 Å². The van der Waals surface area contributed by atoms with Crippen LogP contribution in [0.25, 0.3) is 0 Å². The normalized spacial score (nSPS) is 30.0. The fraction of sp³-hybridized carbons (Fsp3) is 0.692. The van der Waals surface area contributed by atoms with Gasteiger partial charge in [-0.1, -0.05) is 45.2 Å². The fourth-order valence-corrected chi connectivity index (χ4v) is 6.60. The lowest BCUT2D eigenvalue weighted by Crippen LogP contribution is -2.33. The van der Waals surface area contributed by atoms with E-state index in [4.69, 9.17) is 37.9 Å². The molecule has 4 heterocycles. The van der Waals surface area contributed by atoms with Crippen LogP contribution in [-0.2, 0) is 37.9 Å². The zero-order valence-electron chi connectivity index (χ0n) is 29.9. The summed E-state index contributed by atoms with van der Waals surface area (Å²) in [6.07, 6.45) is 7.71. The molecule has 0 atom stereocenters. The zero-order valence-corrected chi connectivity index (χ0v) is 29.9. The third kappa shape index (κ3) is 12.7. The van der Waals surface area contributed by atoms with Crippen LogP contribution < -0.4 is 0 Å². The maximum absolute atomic E-state index is 13.3. The molecule has 0 bridgehead atoms. The van der Waals surface area contributed by atoms with Crippen molar-refractivity contribution in [1.29, 1.82) is 0 Å². The van der Waals surface area contributed by atoms with Crippen molar-refractivity contribution in [2.45, 2.75) is 96.8 Å². The molecule has 0 spiro atoms. The number of ether oxygens (including phenoxy) is 8. The van der Waals surface area contributed by atoms with Crippen molar-refractivity contribution in [2.75, 3.05) is 52.9 Å². The van der Waals surface area contributed by atoms with Crippen LogP contribution in [0.5, 0.6) is 0 Å². The summed E-state index contributed by atoms with van der Waals surface area (Å²) in [7, 11) is 0. The van der Waals surface area contributed by atoms with Crippen LogP contribution in [0.2, 0.25) is 0 Å². The predicted molar refractivity (Wildman–Crippen MR) is 180 cm³/mol. The van der Waals surface area contributed by atoms with Gasteiger partial charge in [0.1, 0.15) is 0 Å². The number of rotatable bonds is 13. The molecule has 0 radical (unpaired) electrons. The largest absolute Gasteiger partial charge is 0.352 e. The first kappa shape index (κ1) is 40.0. The maximum atomic E-state index is 13.3. The van der Waals surface area contributed by atoms with Gasteiger partial charge in [-0.25, -0.2) is 17.6 Å². The minimum Gasteiger partial charge on any atom is -0.352 e. The Morgan fingerprint density at radius 2 is 0.804 bits per heavy atom. The first-order valence-electron chi connectivity index (χ1n) is 18.6. The number of halogens is 4. The van der Waals surface area contributed by atoms with Crippen LogP contribution in [0, 0.1) is 46.9 Å². The van der Waals surface area contributed by atoms with Gasteiger partial charge in [-0.15, -0.1) is 0 Å². The highest BCUT2D eigenvalue weighted by atomic mass is 19.2. The second-order valence-electron chi connectivity index (χ2n) is 14.1. The van der Waals surface area contributed by atoms with Crippen LogP contribution in [0.3, 0.4) is 0 Å². The molecule has 4 aliphatic heterocycles. The van der Waals surface area contributed by atoms with E-state index in [9.17, 15) is 17.6 Å². The monoisotopic (exact) mass is 726 g/mol. The molecule has 4 aliphatic rings. The van der Waals surface area contributed by atoms with Crippen molar-refractivity contribution >= 4 is 0 Å². The molecule has 286 valence electrons. The lowest BCUT2D eigenvalue weighted by molar-refractivity contribution is -0.221. The van der Waals surface area contributed by atoms with E-state index in [0.717, 1.165) is 89.2 Å². The molecule has 4 fully saturated rings. The Labute approximate surface area is 299 Å². The van der Waals surface area contributed by atoms with Gasteiger partial charge in [0.2, 0.25) is 0 Å². The highest BCUT2D eigenvalue weighted by molar-refractivity contribution is 5.20. The van der Waals surface area contributed by atoms with Crippen molar-refractivity contribution in [2.24, 2.45) is 23.7 Å². The summed E-state index contributed by atoms with van der Waals surface area (Å²) < 4.78 is 98.5. The van der Waals surface area contributed by atoms with Gasteiger partial charge in [0.05, 0.1) is 52.9 Å². The smallest absolute Gasteiger partial charge is 0.183 e. The predicted octanol–water partition coefficient (Wildman–Crippen LogP) is 8.78. The summed E-state index contributed by atoms with van der Waals surface area (Å²) in [5, 5.41) is 0. The summed E-state index contributed by atoms with van der Waals surface area (Å²) >= 11 is 0. The average Bonchev–Trinajstić information content (AvgIpc) is 3.16. The quantitative estimate of drug-likeness (QED) is 0.190. The molecule has 0 N–H and O–H groups in total. The Morgan fingerprint density at radius 1 is 0.431 bits per heavy atom. The van der Waals surface area contributed by atoms with Gasteiger partial charge >= 0.3 is 0 Å². The molecular formula is C39H54F4O8. The second kappa shape index (κ2) is 20.9. The van der Waals surface area contributed by atoms with Crippen LogP contribution in [0.1, 0.15) is 95.3 Å². The molecule has 12 heteroatoms. The zero-order chi connectivity index (χ0) is 36.0. The molecule has 0 aliphatic carbocycles. The standard InChI is InChI=1S/C20H28F2O4.C19H26F2O4/c1-2-3-4-14-10-23-19(24-11-14)8-5-15-12-25-20(26-13-15)16-6-7-17(21)18(22)9-16;1-2-3-13-9-22-18(23-10-13)7-4-14-11-24-19(25-12-14)15-5-6-16(20)17(21)8-15/h6-7,9,14-15,19-20H,2-5,8,10-13H2,1H3;5-6,8,13-14,18-19H,2-4,7,9-12H2,1H3. The highest BCUT2D eigenvalue weighted by Crippen LogP contribution is 2.31. The average molecular weight is 727 g/mol. The molecular weight excluding hydrogens is 672 g/mol. The molecule has 0 amide bonds. The Bertz CT molecular complexity index is 1290. The maximum Gasteiger partial charge on any atom is 0.183 e. The molecule has 2 aromatic rings. The Morgan fingerprint density at radius 3 is 1.18 bits per heavy atom. The van der Waals surface area contributed by atoms with E-state index in [1.807, 2.05) is 0 Å².